The van der Waals surface area contributed by atoms with Gasteiger partial charge in [0.15, 0.2) is 6.61 Å². The van der Waals surface area contributed by atoms with Crippen LogP contribution in [-0.4, -0.2) is 30.4 Å². The van der Waals surface area contributed by atoms with Crippen LogP contribution in [0.1, 0.15) is 27.2 Å². The van der Waals surface area contributed by atoms with E-state index in [9.17, 15) is 14.4 Å². The molecule has 0 aliphatic carbocycles. The molecule has 0 unspecified atom stereocenters. The van der Waals surface area contributed by atoms with Crippen molar-refractivity contribution in [3.63, 3.8) is 0 Å². The third-order valence-electron chi connectivity index (χ3n) is 3.44. The molecule has 0 bridgehead atoms. The Hall–Kier alpha value is -2.37. The van der Waals surface area contributed by atoms with E-state index in [1.807, 2.05) is 0 Å². The molecule has 0 saturated carbocycles. The van der Waals surface area contributed by atoms with E-state index in [1.165, 1.54) is 4.90 Å². The van der Waals surface area contributed by atoms with E-state index in [2.05, 4.69) is 5.32 Å². The van der Waals surface area contributed by atoms with Crippen LogP contribution in [0.25, 0.3) is 0 Å². The molecule has 1 aliphatic rings. The molecule has 0 spiro atoms. The van der Waals surface area contributed by atoms with E-state index in [-0.39, 0.29) is 36.8 Å². The number of hydrogen-bond donors (Lipinski definition) is 1. The van der Waals surface area contributed by atoms with Gasteiger partial charge < -0.3 is 15.0 Å². The Morgan fingerprint density at radius 1 is 1.36 bits per heavy atom. The molecule has 22 heavy (non-hydrogen) atoms. The monoisotopic (exact) mass is 304 g/mol. The molecular formula is C16H20N2O4. The largest absolute Gasteiger partial charge is 0.455 e. The second kappa shape index (κ2) is 6.60. The summed E-state index contributed by atoms with van der Waals surface area (Å²) in [5.74, 6) is -1.19. The maximum atomic E-state index is 12.5. The molecule has 0 fully saturated rings. The number of para-hydroxylation sites is 2. The summed E-state index contributed by atoms with van der Waals surface area (Å²) in [4.78, 5) is 37.3. The van der Waals surface area contributed by atoms with Crippen molar-refractivity contribution < 1.29 is 19.1 Å². The van der Waals surface area contributed by atoms with E-state index in [0.717, 1.165) is 0 Å². The van der Waals surface area contributed by atoms with Crippen molar-refractivity contribution in [1.29, 1.82) is 0 Å². The molecule has 2 amide bonds. The highest BCUT2D eigenvalue weighted by Crippen LogP contribution is 2.31. The second-order valence-electron chi connectivity index (χ2n) is 5.64. The van der Waals surface area contributed by atoms with Gasteiger partial charge in [-0.2, -0.15) is 0 Å². The summed E-state index contributed by atoms with van der Waals surface area (Å²) in [5, 5.41) is 2.78. The first-order chi connectivity index (χ1) is 10.4. The van der Waals surface area contributed by atoms with Gasteiger partial charge in [-0.1, -0.05) is 26.0 Å². The van der Waals surface area contributed by atoms with Gasteiger partial charge in [0.2, 0.25) is 5.91 Å². The molecule has 1 N–H and O–H groups in total. The lowest BCUT2D eigenvalue weighted by atomic mass is 10.1. The average molecular weight is 304 g/mol. The maximum Gasteiger partial charge on any atom is 0.308 e. The van der Waals surface area contributed by atoms with Crippen LogP contribution in [0.3, 0.4) is 0 Å². The van der Waals surface area contributed by atoms with Gasteiger partial charge in [0, 0.05) is 12.5 Å². The number of benzene rings is 1. The molecule has 0 aromatic heterocycles. The fourth-order valence-corrected chi connectivity index (χ4v) is 2.34. The minimum atomic E-state index is -0.418. The smallest absolute Gasteiger partial charge is 0.308 e. The van der Waals surface area contributed by atoms with Gasteiger partial charge in [-0.3, -0.25) is 14.4 Å². The number of fused-ring (bicyclic) bond motifs is 1. The molecule has 0 saturated heterocycles. The minimum Gasteiger partial charge on any atom is -0.455 e. The van der Waals surface area contributed by atoms with Gasteiger partial charge in [0.25, 0.3) is 5.91 Å². The zero-order chi connectivity index (χ0) is 16.3. The molecule has 0 radical (unpaired) electrons. The van der Waals surface area contributed by atoms with Crippen molar-refractivity contribution >= 4 is 29.2 Å². The van der Waals surface area contributed by atoms with Crippen molar-refractivity contribution in [1.82, 2.24) is 0 Å². The topological polar surface area (TPSA) is 75.7 Å². The number of rotatable bonds is 3. The average Bonchev–Trinajstić information content (AvgIpc) is 2.58. The Balaban J connectivity index is 2.22. The number of anilines is 2. The Morgan fingerprint density at radius 3 is 2.73 bits per heavy atom. The fourth-order valence-electron chi connectivity index (χ4n) is 2.34. The van der Waals surface area contributed by atoms with E-state index in [1.54, 1.807) is 45.0 Å². The van der Waals surface area contributed by atoms with Gasteiger partial charge in [0.05, 0.1) is 17.3 Å². The molecule has 1 aromatic carbocycles. The van der Waals surface area contributed by atoms with Gasteiger partial charge in [-0.05, 0) is 19.1 Å². The molecule has 6 nitrogen and oxygen atoms in total. The number of carbonyl (C=O) groups excluding carboxylic acids is 3. The molecule has 118 valence electrons. The molecular weight excluding hydrogens is 284 g/mol. The summed E-state index contributed by atoms with van der Waals surface area (Å²) < 4.78 is 5.01. The summed E-state index contributed by atoms with van der Waals surface area (Å²) in [6.07, 6.45) is 0.193. The Labute approximate surface area is 129 Å². The van der Waals surface area contributed by atoms with Gasteiger partial charge in [-0.15, -0.1) is 0 Å². The van der Waals surface area contributed by atoms with Crippen LogP contribution in [0.5, 0.6) is 0 Å². The Morgan fingerprint density at radius 2 is 2.05 bits per heavy atom. The third kappa shape index (κ3) is 3.44. The first kappa shape index (κ1) is 16.0. The van der Waals surface area contributed by atoms with Crippen LogP contribution in [0, 0.1) is 5.92 Å². The molecule has 1 aliphatic heterocycles. The van der Waals surface area contributed by atoms with Crippen LogP contribution >= 0.6 is 0 Å². The highest BCUT2D eigenvalue weighted by atomic mass is 16.5. The van der Waals surface area contributed by atoms with E-state index < -0.39 is 5.97 Å². The lowest BCUT2D eigenvalue weighted by molar-refractivity contribution is -0.151. The van der Waals surface area contributed by atoms with Crippen molar-refractivity contribution in [3.8, 4) is 0 Å². The first-order valence-electron chi connectivity index (χ1n) is 7.27. The van der Waals surface area contributed by atoms with Crippen LogP contribution in [0.4, 0.5) is 11.4 Å². The van der Waals surface area contributed by atoms with E-state index in [0.29, 0.717) is 11.4 Å². The van der Waals surface area contributed by atoms with Gasteiger partial charge in [-0.25, -0.2) is 0 Å². The van der Waals surface area contributed by atoms with Crippen LogP contribution < -0.4 is 10.2 Å². The molecule has 1 aromatic rings. The quantitative estimate of drug-likeness (QED) is 0.866. The summed E-state index contributed by atoms with van der Waals surface area (Å²) >= 11 is 0. The Bertz CT molecular complexity index is 598. The lowest BCUT2D eigenvalue weighted by Crippen LogP contribution is -2.41. The summed E-state index contributed by atoms with van der Waals surface area (Å²) in [7, 11) is 0. The zero-order valence-corrected chi connectivity index (χ0v) is 13.0. The number of nitrogens with one attached hydrogen (secondary N) is 1. The lowest BCUT2D eigenvalue weighted by Gasteiger charge is -2.27. The molecule has 6 heteroatoms. The predicted octanol–water partition coefficient (Wildman–Crippen LogP) is 1.95. The van der Waals surface area contributed by atoms with Crippen LogP contribution in [0.15, 0.2) is 24.3 Å². The maximum absolute atomic E-state index is 12.5. The van der Waals surface area contributed by atoms with Crippen LogP contribution in [-0.2, 0) is 19.1 Å². The summed E-state index contributed by atoms with van der Waals surface area (Å²) in [6, 6.07) is 6.78. The second-order valence-corrected chi connectivity index (χ2v) is 5.64. The molecule has 1 heterocycles. The Kier molecular flexibility index (Phi) is 4.80. The van der Waals surface area contributed by atoms with E-state index >= 15 is 0 Å². The van der Waals surface area contributed by atoms with Crippen molar-refractivity contribution in [2.45, 2.75) is 33.2 Å². The van der Waals surface area contributed by atoms with Gasteiger partial charge >= 0.3 is 5.97 Å². The van der Waals surface area contributed by atoms with Crippen molar-refractivity contribution in [2.24, 2.45) is 5.92 Å². The summed E-state index contributed by atoms with van der Waals surface area (Å²) in [5.41, 5.74) is 1.20. The van der Waals surface area contributed by atoms with Crippen LogP contribution in [0.2, 0.25) is 0 Å². The fraction of sp³-hybridized carbons (Fsp3) is 0.438. The number of carbonyl (C=O) groups is 3. The van der Waals surface area contributed by atoms with Crippen molar-refractivity contribution in [2.75, 3.05) is 16.8 Å². The highest BCUT2D eigenvalue weighted by Gasteiger charge is 2.30. The van der Waals surface area contributed by atoms with Crippen molar-refractivity contribution in [3.05, 3.63) is 24.3 Å². The third-order valence-corrected chi connectivity index (χ3v) is 3.44. The minimum absolute atomic E-state index is 0.144. The number of hydrogen-bond acceptors (Lipinski definition) is 4. The van der Waals surface area contributed by atoms with E-state index in [4.69, 9.17) is 4.74 Å². The van der Waals surface area contributed by atoms with Gasteiger partial charge in [0.1, 0.15) is 0 Å². The number of esters is 1. The molecule has 1 atom stereocenters. The first-order valence-corrected chi connectivity index (χ1v) is 7.27. The number of nitrogens with zero attached hydrogens (tertiary/aromatic N) is 1. The normalized spacial score (nSPS) is 17.5. The predicted molar refractivity (Wildman–Crippen MR) is 82.4 cm³/mol. The molecule has 2 rings (SSSR count). The number of ether oxygens (including phenoxy) is 1. The SMILES string of the molecule is CC(C)C(=O)OCC(=O)N1c2ccccc2NC(=O)C[C@H]1C. The highest BCUT2D eigenvalue weighted by molar-refractivity contribution is 6.05. The summed E-state index contributed by atoms with van der Waals surface area (Å²) in [6.45, 7) is 4.88. The number of amides is 2. The zero-order valence-electron chi connectivity index (χ0n) is 13.0. The standard InChI is InChI=1S/C16H20N2O4/c1-10(2)16(21)22-9-15(20)18-11(3)8-14(19)17-12-6-4-5-7-13(12)18/h4-7,10-11H,8-9H2,1-3H3,(H,17,19)/t11-/m1/s1.